The van der Waals surface area contributed by atoms with Crippen molar-refractivity contribution in [2.24, 2.45) is 11.5 Å². The molecule has 0 amide bonds. The van der Waals surface area contributed by atoms with Crippen molar-refractivity contribution in [2.45, 2.75) is 52.4 Å². The molecule has 0 aliphatic heterocycles. The van der Waals surface area contributed by atoms with Gasteiger partial charge < -0.3 is 11.5 Å². The predicted molar refractivity (Wildman–Crippen MR) is 59.3 cm³/mol. The Balaban J connectivity index is -0.000000117. The average molecular weight is 176 g/mol. The Morgan fingerprint density at radius 1 is 0.500 bits per heavy atom. The highest BCUT2D eigenvalue weighted by Gasteiger charge is 1.95. The predicted octanol–water partition coefficient (Wildman–Crippen LogP) is 2.52. The minimum Gasteiger partial charge on any atom is -0.333 e. The van der Waals surface area contributed by atoms with Crippen LogP contribution in [0.3, 0.4) is 0 Å². The van der Waals surface area contributed by atoms with Gasteiger partial charge in [0.1, 0.15) is 0 Å². The van der Waals surface area contributed by atoms with Crippen LogP contribution in [0.2, 0.25) is 0 Å². The van der Waals surface area contributed by atoms with Crippen molar-refractivity contribution in [1.82, 2.24) is 0 Å². The fourth-order valence-corrected chi connectivity index (χ4v) is 1.06. The van der Waals surface area contributed by atoms with Crippen LogP contribution in [0.15, 0.2) is 0 Å². The first-order valence-corrected chi connectivity index (χ1v) is 5.15. The topological polar surface area (TPSA) is 52.0 Å². The molecule has 0 radical (unpaired) electrons. The summed E-state index contributed by atoms with van der Waals surface area (Å²) in [5.41, 5.74) is 9.00. The molecule has 0 spiro atoms. The van der Waals surface area contributed by atoms with Crippen LogP contribution in [0.25, 0.3) is 0 Å². The number of hydrogen-bond acceptors (Lipinski definition) is 2. The van der Waals surface area contributed by atoms with E-state index in [-0.39, 0.29) is 0 Å². The molecule has 1 fully saturated rings. The molecule has 1 saturated carbocycles. The van der Waals surface area contributed by atoms with E-state index in [2.05, 4.69) is 11.5 Å². The fraction of sp³-hybridized carbons (Fsp3) is 1.00. The molecule has 0 saturated heterocycles. The molecule has 1 aliphatic carbocycles. The van der Waals surface area contributed by atoms with E-state index in [1.165, 1.54) is 52.6 Å². The van der Waals surface area contributed by atoms with E-state index in [4.69, 9.17) is 0 Å². The highest BCUT2D eigenvalue weighted by molar-refractivity contribution is 4.51. The number of nitrogens with two attached hydrogens (primary N) is 2. The van der Waals surface area contributed by atoms with Gasteiger partial charge in [0, 0.05) is 0 Å². The van der Waals surface area contributed by atoms with Crippen molar-refractivity contribution in [2.75, 3.05) is 14.1 Å². The second kappa shape index (κ2) is 30.7. The van der Waals surface area contributed by atoms with E-state index in [0.29, 0.717) is 0 Å². The highest BCUT2D eigenvalue weighted by atomic mass is 14.4. The normalized spacial score (nSPS) is 13.5. The number of rotatable bonds is 0. The first kappa shape index (κ1) is 17.9. The first-order valence-electron chi connectivity index (χ1n) is 5.15. The molecular formula is C10H28N2. The summed E-state index contributed by atoms with van der Waals surface area (Å²) < 4.78 is 0. The molecule has 0 aromatic rings. The molecule has 2 nitrogen and oxygen atoms in total. The summed E-state index contributed by atoms with van der Waals surface area (Å²) in [5, 5.41) is 0. The lowest BCUT2D eigenvalue weighted by molar-refractivity contribution is 0.504. The van der Waals surface area contributed by atoms with Crippen LogP contribution in [0.4, 0.5) is 0 Å². The van der Waals surface area contributed by atoms with Crippen LogP contribution >= 0.6 is 0 Å². The zero-order valence-corrected chi connectivity index (χ0v) is 9.40. The quantitative estimate of drug-likeness (QED) is 0.596. The lowest BCUT2D eigenvalue weighted by Crippen LogP contribution is -1.85. The maximum Gasteiger partial charge on any atom is -0.0195 e. The van der Waals surface area contributed by atoms with Gasteiger partial charge in [0.25, 0.3) is 0 Å². The summed E-state index contributed by atoms with van der Waals surface area (Å²) in [4.78, 5) is 0. The molecule has 2 heteroatoms. The molecule has 0 bridgehead atoms. The molecule has 0 aromatic carbocycles. The van der Waals surface area contributed by atoms with Gasteiger partial charge in [0.15, 0.2) is 0 Å². The van der Waals surface area contributed by atoms with Gasteiger partial charge in [-0.1, -0.05) is 52.4 Å². The maximum absolute atomic E-state index is 4.50. The van der Waals surface area contributed by atoms with Crippen molar-refractivity contribution in [1.29, 1.82) is 0 Å². The smallest absolute Gasteiger partial charge is 0.0195 e. The Bertz CT molecular complexity index is 23.3. The fourth-order valence-electron chi connectivity index (χ4n) is 1.06. The third-order valence-electron chi connectivity index (χ3n) is 1.50. The van der Waals surface area contributed by atoms with Crippen molar-refractivity contribution in [3.63, 3.8) is 0 Å². The minimum atomic E-state index is 1.50. The lowest BCUT2D eigenvalue weighted by Gasteiger charge is -2.05. The molecule has 1 aliphatic rings. The van der Waals surface area contributed by atoms with Crippen LogP contribution in [-0.4, -0.2) is 14.1 Å². The standard InChI is InChI=1S/C6H12.C2H6.2CH5N/c1-2-4-6-5-3-1;3*1-2/h1-6H2;1-2H3;2*2H2,1H3. The van der Waals surface area contributed by atoms with Crippen LogP contribution in [0, 0.1) is 0 Å². The van der Waals surface area contributed by atoms with Crippen LogP contribution in [-0.2, 0) is 0 Å². The van der Waals surface area contributed by atoms with E-state index >= 15 is 0 Å². The largest absolute Gasteiger partial charge is 0.333 e. The molecule has 0 aromatic heterocycles. The molecule has 0 atom stereocenters. The monoisotopic (exact) mass is 176 g/mol. The minimum absolute atomic E-state index is 1.50. The van der Waals surface area contributed by atoms with Gasteiger partial charge in [-0.2, -0.15) is 0 Å². The molecule has 4 N–H and O–H groups in total. The van der Waals surface area contributed by atoms with Gasteiger partial charge in [-0.25, -0.2) is 0 Å². The van der Waals surface area contributed by atoms with Gasteiger partial charge in [-0.15, -0.1) is 0 Å². The van der Waals surface area contributed by atoms with E-state index in [9.17, 15) is 0 Å². The second-order valence-corrected chi connectivity index (χ2v) is 2.12. The average Bonchev–Trinajstić information content (AvgIpc) is 2.29. The Morgan fingerprint density at radius 3 is 0.667 bits per heavy atom. The number of hydrogen-bond donors (Lipinski definition) is 2. The van der Waals surface area contributed by atoms with Crippen molar-refractivity contribution < 1.29 is 0 Å². The van der Waals surface area contributed by atoms with Crippen molar-refractivity contribution in [3.8, 4) is 0 Å². The molecule has 78 valence electrons. The molecule has 12 heavy (non-hydrogen) atoms. The van der Waals surface area contributed by atoms with Crippen LogP contribution in [0.5, 0.6) is 0 Å². The zero-order valence-electron chi connectivity index (χ0n) is 9.40. The van der Waals surface area contributed by atoms with Gasteiger partial charge in [-0.05, 0) is 14.1 Å². The Labute approximate surface area is 78.7 Å². The molecular weight excluding hydrogens is 148 g/mol. The molecule has 1 rings (SSSR count). The summed E-state index contributed by atoms with van der Waals surface area (Å²) >= 11 is 0. The molecule has 0 heterocycles. The van der Waals surface area contributed by atoms with Crippen LogP contribution in [0.1, 0.15) is 52.4 Å². The van der Waals surface area contributed by atoms with Gasteiger partial charge in [0.2, 0.25) is 0 Å². The SMILES string of the molecule is C1CCCCC1.CC.CN.CN. The highest BCUT2D eigenvalue weighted by Crippen LogP contribution is 2.15. The zero-order chi connectivity index (χ0) is 10.2. The Kier molecular flexibility index (Phi) is 45.6. The summed E-state index contributed by atoms with van der Waals surface area (Å²) in [6.45, 7) is 4.00. The molecule has 0 unspecified atom stereocenters. The van der Waals surface area contributed by atoms with Gasteiger partial charge in [-0.3, -0.25) is 0 Å². The Morgan fingerprint density at radius 2 is 0.583 bits per heavy atom. The summed E-state index contributed by atoms with van der Waals surface area (Å²) in [5.74, 6) is 0. The third kappa shape index (κ3) is 22.5. The summed E-state index contributed by atoms with van der Waals surface area (Å²) in [7, 11) is 3.00. The summed E-state index contributed by atoms with van der Waals surface area (Å²) in [6.07, 6.45) is 9.00. The van der Waals surface area contributed by atoms with E-state index in [0.717, 1.165) is 0 Å². The third-order valence-corrected chi connectivity index (χ3v) is 1.50. The summed E-state index contributed by atoms with van der Waals surface area (Å²) in [6, 6.07) is 0. The van der Waals surface area contributed by atoms with E-state index in [1.54, 1.807) is 0 Å². The first-order chi connectivity index (χ1) is 6.00. The van der Waals surface area contributed by atoms with E-state index < -0.39 is 0 Å². The lowest BCUT2D eigenvalue weighted by atomic mass is 10.0. The van der Waals surface area contributed by atoms with E-state index in [1.807, 2.05) is 13.8 Å². The Hall–Kier alpha value is -0.0800. The van der Waals surface area contributed by atoms with Crippen molar-refractivity contribution in [3.05, 3.63) is 0 Å². The van der Waals surface area contributed by atoms with Crippen molar-refractivity contribution >= 4 is 0 Å². The van der Waals surface area contributed by atoms with Gasteiger partial charge >= 0.3 is 0 Å². The van der Waals surface area contributed by atoms with Gasteiger partial charge in [0.05, 0.1) is 0 Å². The second-order valence-electron chi connectivity index (χ2n) is 2.12. The van der Waals surface area contributed by atoms with Crippen LogP contribution < -0.4 is 11.5 Å². The maximum atomic E-state index is 4.50.